The van der Waals surface area contributed by atoms with Gasteiger partial charge in [0.25, 0.3) is 0 Å². The molecule has 4 fully saturated rings. The van der Waals surface area contributed by atoms with E-state index in [0.717, 1.165) is 42.6 Å². The summed E-state index contributed by atoms with van der Waals surface area (Å²) in [6, 6.07) is 3.51. The summed E-state index contributed by atoms with van der Waals surface area (Å²) in [6.07, 6.45) is 12.0. The van der Waals surface area contributed by atoms with E-state index in [2.05, 4.69) is 25.8 Å². The van der Waals surface area contributed by atoms with Crippen molar-refractivity contribution >= 4 is 12.0 Å². The topological polar surface area (TPSA) is 119 Å². The highest BCUT2D eigenvalue weighted by Crippen LogP contribution is 2.55. The summed E-state index contributed by atoms with van der Waals surface area (Å²) >= 11 is 0. The van der Waals surface area contributed by atoms with E-state index in [1.807, 2.05) is 12.1 Å². The number of hydrogen-bond acceptors (Lipinski definition) is 7. The molecule has 2 N–H and O–H groups in total. The van der Waals surface area contributed by atoms with E-state index in [9.17, 15) is 9.59 Å². The maximum Gasteiger partial charge on any atom is 0.315 e. The molecule has 2 aromatic heterocycles. The lowest BCUT2D eigenvalue weighted by molar-refractivity contribution is -0.143. The molecular formula is C24H31N5O4. The van der Waals surface area contributed by atoms with E-state index in [-0.39, 0.29) is 37.1 Å². The summed E-state index contributed by atoms with van der Waals surface area (Å²) in [5, 5.41) is 10.0. The first-order valence-corrected chi connectivity index (χ1v) is 12.0. The third kappa shape index (κ3) is 5.34. The Morgan fingerprint density at radius 1 is 1.15 bits per heavy atom. The second-order valence-electron chi connectivity index (χ2n) is 9.91. The number of aryl methyl sites for hydroxylation is 1. The number of rotatable bonds is 9. The zero-order valence-corrected chi connectivity index (χ0v) is 18.8. The highest BCUT2D eigenvalue weighted by molar-refractivity contribution is 5.76. The van der Waals surface area contributed by atoms with Gasteiger partial charge in [0.1, 0.15) is 0 Å². The van der Waals surface area contributed by atoms with Gasteiger partial charge in [0.2, 0.25) is 11.7 Å². The maximum absolute atomic E-state index is 12.4. The van der Waals surface area contributed by atoms with Crippen LogP contribution in [0.3, 0.4) is 0 Å². The van der Waals surface area contributed by atoms with Crippen LogP contribution in [0.15, 0.2) is 29.0 Å². The second kappa shape index (κ2) is 9.49. The predicted octanol–water partition coefficient (Wildman–Crippen LogP) is 3.27. The van der Waals surface area contributed by atoms with Crippen molar-refractivity contribution in [1.29, 1.82) is 0 Å². The first-order chi connectivity index (χ1) is 16.1. The maximum atomic E-state index is 12.4. The van der Waals surface area contributed by atoms with Crippen LogP contribution in [0.1, 0.15) is 57.3 Å². The summed E-state index contributed by atoms with van der Waals surface area (Å²) in [5.74, 6) is 2.99. The van der Waals surface area contributed by atoms with Gasteiger partial charge >= 0.3 is 12.0 Å². The Kier molecular flexibility index (Phi) is 6.28. The van der Waals surface area contributed by atoms with Crippen molar-refractivity contribution in [2.24, 2.45) is 17.8 Å². The van der Waals surface area contributed by atoms with Crippen LogP contribution in [0.4, 0.5) is 4.79 Å². The molecule has 33 heavy (non-hydrogen) atoms. The third-order valence-electron chi connectivity index (χ3n) is 7.22. The molecule has 0 unspecified atom stereocenters. The monoisotopic (exact) mass is 453 g/mol. The van der Waals surface area contributed by atoms with Crippen LogP contribution in [0.25, 0.3) is 11.4 Å². The summed E-state index contributed by atoms with van der Waals surface area (Å²) < 4.78 is 10.5. The summed E-state index contributed by atoms with van der Waals surface area (Å²) in [6.45, 7) is 0.540. The van der Waals surface area contributed by atoms with Crippen LogP contribution in [0, 0.1) is 17.8 Å². The fourth-order valence-corrected chi connectivity index (χ4v) is 6.28. The Morgan fingerprint density at radius 2 is 1.91 bits per heavy atom. The van der Waals surface area contributed by atoms with Gasteiger partial charge < -0.3 is 19.9 Å². The van der Waals surface area contributed by atoms with E-state index < -0.39 is 0 Å². The minimum atomic E-state index is -0.327. The molecule has 2 heterocycles. The van der Waals surface area contributed by atoms with Crippen LogP contribution in [0.5, 0.6) is 0 Å². The SMILES string of the molecule is O=C(NCCC(=O)OCCCc1nc(-c2cccnc2)no1)NC12CC3CC(CC(C3)C1)C2. The van der Waals surface area contributed by atoms with Crippen LogP contribution in [-0.2, 0) is 16.0 Å². The second-order valence-corrected chi connectivity index (χ2v) is 9.91. The number of ether oxygens (including phenoxy) is 1. The van der Waals surface area contributed by atoms with Gasteiger partial charge in [-0.25, -0.2) is 4.79 Å². The molecule has 9 heteroatoms. The van der Waals surface area contributed by atoms with Crippen LogP contribution >= 0.6 is 0 Å². The Bertz CT molecular complexity index is 941. The van der Waals surface area contributed by atoms with E-state index in [4.69, 9.17) is 9.26 Å². The van der Waals surface area contributed by atoms with Crippen LogP contribution in [-0.4, -0.2) is 45.8 Å². The van der Waals surface area contributed by atoms with Gasteiger partial charge in [0, 0.05) is 36.5 Å². The average molecular weight is 454 g/mol. The Morgan fingerprint density at radius 3 is 2.61 bits per heavy atom. The number of amides is 2. The number of nitrogens with one attached hydrogen (secondary N) is 2. The fourth-order valence-electron chi connectivity index (χ4n) is 6.28. The van der Waals surface area contributed by atoms with E-state index in [0.29, 0.717) is 24.6 Å². The van der Waals surface area contributed by atoms with Gasteiger partial charge in [0.05, 0.1) is 13.0 Å². The summed E-state index contributed by atoms with van der Waals surface area (Å²) in [5.41, 5.74) is 0.768. The molecule has 4 aliphatic rings. The molecule has 0 atom stereocenters. The first-order valence-electron chi connectivity index (χ1n) is 12.0. The van der Waals surface area contributed by atoms with Gasteiger partial charge in [0.15, 0.2) is 0 Å². The van der Waals surface area contributed by atoms with Gasteiger partial charge in [-0.05, 0) is 74.8 Å². The number of pyridine rings is 1. The van der Waals surface area contributed by atoms with Crippen molar-refractivity contribution in [2.75, 3.05) is 13.2 Å². The molecule has 0 aliphatic heterocycles. The van der Waals surface area contributed by atoms with Gasteiger partial charge in [-0.15, -0.1) is 0 Å². The van der Waals surface area contributed by atoms with Crippen LogP contribution < -0.4 is 10.6 Å². The van der Waals surface area contributed by atoms with Crippen molar-refractivity contribution in [3.8, 4) is 11.4 Å². The lowest BCUT2D eigenvalue weighted by Crippen LogP contribution is -2.61. The fraction of sp³-hybridized carbons (Fsp3) is 0.625. The van der Waals surface area contributed by atoms with E-state index >= 15 is 0 Å². The molecule has 6 rings (SSSR count). The van der Waals surface area contributed by atoms with E-state index in [1.165, 1.54) is 19.3 Å². The van der Waals surface area contributed by atoms with Crippen molar-refractivity contribution in [2.45, 2.75) is 63.3 Å². The van der Waals surface area contributed by atoms with Crippen molar-refractivity contribution in [1.82, 2.24) is 25.8 Å². The average Bonchev–Trinajstić information content (AvgIpc) is 3.25. The summed E-state index contributed by atoms with van der Waals surface area (Å²) in [7, 11) is 0. The minimum absolute atomic E-state index is 0.0228. The molecule has 4 saturated carbocycles. The number of urea groups is 1. The normalized spacial score (nSPS) is 27.3. The molecule has 4 aliphatic carbocycles. The molecule has 0 spiro atoms. The largest absolute Gasteiger partial charge is 0.466 e. The first kappa shape index (κ1) is 21.9. The molecule has 4 bridgehead atoms. The molecule has 0 aromatic carbocycles. The van der Waals surface area contributed by atoms with Crippen molar-refractivity contribution in [3.63, 3.8) is 0 Å². The highest BCUT2D eigenvalue weighted by atomic mass is 16.5. The quantitative estimate of drug-likeness (QED) is 0.442. The third-order valence-corrected chi connectivity index (χ3v) is 7.22. The number of esters is 1. The lowest BCUT2D eigenvalue weighted by atomic mass is 9.53. The zero-order chi connectivity index (χ0) is 22.7. The van der Waals surface area contributed by atoms with Gasteiger partial charge in [-0.2, -0.15) is 4.98 Å². The van der Waals surface area contributed by atoms with Crippen molar-refractivity contribution < 1.29 is 18.8 Å². The zero-order valence-electron chi connectivity index (χ0n) is 18.8. The number of hydrogen-bond donors (Lipinski definition) is 2. The Labute approximate surface area is 193 Å². The molecule has 0 saturated heterocycles. The number of carbonyl (C=O) groups excluding carboxylic acids is 2. The summed E-state index contributed by atoms with van der Waals surface area (Å²) in [4.78, 5) is 32.8. The Hall–Kier alpha value is -2.97. The number of carbonyl (C=O) groups is 2. The molecule has 2 amide bonds. The number of nitrogens with zero attached hydrogens (tertiary/aromatic N) is 3. The molecule has 0 radical (unpaired) electrons. The molecule has 9 nitrogen and oxygen atoms in total. The smallest absolute Gasteiger partial charge is 0.315 e. The predicted molar refractivity (Wildman–Crippen MR) is 119 cm³/mol. The van der Waals surface area contributed by atoms with Gasteiger partial charge in [-0.1, -0.05) is 5.16 Å². The number of aromatic nitrogens is 3. The van der Waals surface area contributed by atoms with Gasteiger partial charge in [-0.3, -0.25) is 9.78 Å². The molecule has 176 valence electrons. The van der Waals surface area contributed by atoms with Crippen molar-refractivity contribution in [3.05, 3.63) is 30.4 Å². The molecular weight excluding hydrogens is 422 g/mol. The minimum Gasteiger partial charge on any atom is -0.466 e. The molecule has 2 aromatic rings. The van der Waals surface area contributed by atoms with E-state index in [1.54, 1.807) is 12.4 Å². The highest BCUT2D eigenvalue weighted by Gasteiger charge is 2.51. The Balaban J connectivity index is 0.961. The standard InChI is InChI=1S/C24H31N5O4/c30-21(32-8-2-4-20-27-22(29-33-20)19-3-1-6-25-15-19)5-7-26-23(31)28-24-12-16-9-17(13-24)11-18(10-16)14-24/h1,3,6,15-18H,2,4-5,7-14H2,(H2,26,28,31). The lowest BCUT2D eigenvalue weighted by Gasteiger charge is -2.56. The van der Waals surface area contributed by atoms with Crippen LogP contribution in [0.2, 0.25) is 0 Å².